The third-order valence-electron chi connectivity index (χ3n) is 2.63. The number of furan rings is 1. The molecule has 0 amide bonds. The van der Waals surface area contributed by atoms with E-state index in [-0.39, 0.29) is 6.04 Å². The first-order valence-electron chi connectivity index (χ1n) is 5.94. The van der Waals surface area contributed by atoms with Crippen molar-refractivity contribution in [2.75, 3.05) is 12.4 Å². The number of nitrogens with one attached hydrogen (secondary N) is 1. The van der Waals surface area contributed by atoms with Crippen molar-refractivity contribution in [1.82, 2.24) is 4.98 Å². The van der Waals surface area contributed by atoms with E-state index in [9.17, 15) is 4.79 Å². The molecule has 5 nitrogen and oxygen atoms in total. The molecule has 2 aromatic heterocycles. The van der Waals surface area contributed by atoms with Crippen molar-refractivity contribution in [2.24, 2.45) is 0 Å². The predicted octanol–water partition coefficient (Wildman–Crippen LogP) is 2.87. The molecular formula is C13H16N2O3S. The van der Waals surface area contributed by atoms with E-state index in [1.54, 1.807) is 6.26 Å². The first-order chi connectivity index (χ1) is 9.10. The van der Waals surface area contributed by atoms with Crippen LogP contribution in [-0.4, -0.2) is 24.1 Å². The Morgan fingerprint density at radius 1 is 1.63 bits per heavy atom. The molecule has 0 aromatic carbocycles. The molecule has 0 radical (unpaired) electrons. The number of methoxy groups -OCH3 is 1. The van der Waals surface area contributed by atoms with Gasteiger partial charge in [-0.1, -0.05) is 0 Å². The van der Waals surface area contributed by atoms with Gasteiger partial charge in [-0.15, -0.1) is 11.3 Å². The van der Waals surface area contributed by atoms with Crippen molar-refractivity contribution in [3.8, 4) is 0 Å². The summed E-state index contributed by atoms with van der Waals surface area (Å²) in [5.41, 5.74) is 0.375. The van der Waals surface area contributed by atoms with Crippen LogP contribution in [-0.2, 0) is 11.2 Å². The molecule has 0 aliphatic carbocycles. The lowest BCUT2D eigenvalue weighted by Crippen LogP contribution is -2.17. The highest BCUT2D eigenvalue weighted by Crippen LogP contribution is 2.23. The summed E-state index contributed by atoms with van der Waals surface area (Å²) >= 11 is 1.45. The zero-order valence-electron chi connectivity index (χ0n) is 11.1. The van der Waals surface area contributed by atoms with Crippen LogP contribution in [0.5, 0.6) is 0 Å². The lowest BCUT2D eigenvalue weighted by Gasteiger charge is -2.10. The average Bonchev–Trinajstić information content (AvgIpc) is 2.98. The van der Waals surface area contributed by atoms with Crippen molar-refractivity contribution >= 4 is 22.4 Å². The Morgan fingerprint density at radius 3 is 3.05 bits per heavy atom. The van der Waals surface area contributed by atoms with Crippen LogP contribution >= 0.6 is 11.3 Å². The van der Waals surface area contributed by atoms with Crippen LogP contribution in [0.3, 0.4) is 0 Å². The topological polar surface area (TPSA) is 64.4 Å². The van der Waals surface area contributed by atoms with Gasteiger partial charge in [-0.05, 0) is 26.0 Å². The molecule has 0 aliphatic heterocycles. The van der Waals surface area contributed by atoms with Crippen molar-refractivity contribution in [3.63, 3.8) is 0 Å². The predicted molar refractivity (Wildman–Crippen MR) is 73.7 cm³/mol. The molecule has 6 heteroatoms. The van der Waals surface area contributed by atoms with Gasteiger partial charge in [0.1, 0.15) is 5.76 Å². The molecule has 0 aliphatic rings. The molecule has 0 fully saturated rings. The summed E-state index contributed by atoms with van der Waals surface area (Å²) in [5.74, 6) is 0.516. The molecule has 102 valence electrons. The summed E-state index contributed by atoms with van der Waals surface area (Å²) in [4.78, 5) is 16.6. The number of esters is 1. The Hall–Kier alpha value is -1.82. The summed E-state index contributed by atoms with van der Waals surface area (Å²) < 4.78 is 9.98. The monoisotopic (exact) mass is 280 g/mol. The second-order valence-electron chi connectivity index (χ2n) is 4.24. The largest absolute Gasteiger partial charge is 0.469 e. The van der Waals surface area contributed by atoms with E-state index in [0.29, 0.717) is 5.69 Å². The van der Waals surface area contributed by atoms with Gasteiger partial charge in [0.25, 0.3) is 0 Å². The molecule has 2 heterocycles. The molecule has 2 aromatic rings. The SMILES string of the molecule is COC(=O)c1nc(NC(C)Cc2ccco2)sc1C. The zero-order chi connectivity index (χ0) is 13.8. The van der Waals surface area contributed by atoms with E-state index >= 15 is 0 Å². The third kappa shape index (κ3) is 3.35. The van der Waals surface area contributed by atoms with Gasteiger partial charge in [-0.25, -0.2) is 9.78 Å². The van der Waals surface area contributed by atoms with Gasteiger partial charge in [0.2, 0.25) is 0 Å². The van der Waals surface area contributed by atoms with E-state index < -0.39 is 5.97 Å². The van der Waals surface area contributed by atoms with Crippen molar-refractivity contribution in [1.29, 1.82) is 0 Å². The smallest absolute Gasteiger partial charge is 0.357 e. The van der Waals surface area contributed by atoms with Crippen molar-refractivity contribution in [2.45, 2.75) is 26.3 Å². The number of ether oxygens (including phenoxy) is 1. The Labute approximate surface area is 115 Å². The van der Waals surface area contributed by atoms with E-state index in [1.165, 1.54) is 18.4 Å². The Kier molecular flexibility index (Phi) is 4.21. The first-order valence-corrected chi connectivity index (χ1v) is 6.76. The molecule has 0 bridgehead atoms. The van der Waals surface area contributed by atoms with E-state index in [1.807, 2.05) is 26.0 Å². The number of nitrogens with zero attached hydrogens (tertiary/aromatic N) is 1. The van der Waals surface area contributed by atoms with Crippen LogP contribution in [0.15, 0.2) is 22.8 Å². The molecular weight excluding hydrogens is 264 g/mol. The van der Waals surface area contributed by atoms with E-state index in [4.69, 9.17) is 4.42 Å². The second-order valence-corrected chi connectivity index (χ2v) is 5.45. The van der Waals surface area contributed by atoms with Gasteiger partial charge in [0, 0.05) is 17.3 Å². The lowest BCUT2D eigenvalue weighted by molar-refractivity contribution is 0.0594. The van der Waals surface area contributed by atoms with Gasteiger partial charge in [0.15, 0.2) is 10.8 Å². The zero-order valence-corrected chi connectivity index (χ0v) is 11.9. The Balaban J connectivity index is 2.01. The van der Waals surface area contributed by atoms with Crippen LogP contribution in [0.4, 0.5) is 5.13 Å². The number of carbonyl (C=O) groups is 1. The second kappa shape index (κ2) is 5.88. The molecule has 0 saturated carbocycles. The highest BCUT2D eigenvalue weighted by atomic mass is 32.1. The van der Waals surface area contributed by atoms with Gasteiger partial charge in [-0.3, -0.25) is 0 Å². The lowest BCUT2D eigenvalue weighted by atomic mass is 10.2. The Morgan fingerprint density at radius 2 is 2.42 bits per heavy atom. The fourth-order valence-corrected chi connectivity index (χ4v) is 2.65. The molecule has 1 N–H and O–H groups in total. The van der Waals surface area contributed by atoms with Gasteiger partial charge in [0.05, 0.1) is 13.4 Å². The summed E-state index contributed by atoms with van der Waals surface area (Å²) in [7, 11) is 1.35. The number of aryl methyl sites for hydroxylation is 1. The fraction of sp³-hybridized carbons (Fsp3) is 0.385. The maximum atomic E-state index is 11.5. The summed E-state index contributed by atoms with van der Waals surface area (Å²) in [5, 5.41) is 3.98. The Bertz CT molecular complexity index is 548. The molecule has 1 unspecified atom stereocenters. The molecule has 0 spiro atoms. The molecule has 0 saturated heterocycles. The molecule has 2 rings (SSSR count). The van der Waals surface area contributed by atoms with Crippen molar-refractivity contribution < 1.29 is 13.9 Å². The minimum atomic E-state index is -0.402. The van der Waals surface area contributed by atoms with Crippen LogP contribution in [0.25, 0.3) is 0 Å². The van der Waals surface area contributed by atoms with Gasteiger partial charge >= 0.3 is 5.97 Å². The minimum absolute atomic E-state index is 0.169. The van der Waals surface area contributed by atoms with Crippen LogP contribution < -0.4 is 5.32 Å². The van der Waals surface area contributed by atoms with Crippen LogP contribution in [0.1, 0.15) is 28.0 Å². The maximum absolute atomic E-state index is 11.5. The maximum Gasteiger partial charge on any atom is 0.357 e. The quantitative estimate of drug-likeness (QED) is 0.853. The molecule has 19 heavy (non-hydrogen) atoms. The number of aromatic nitrogens is 1. The highest BCUT2D eigenvalue weighted by Gasteiger charge is 2.17. The number of rotatable bonds is 5. The normalized spacial score (nSPS) is 12.2. The van der Waals surface area contributed by atoms with E-state index in [2.05, 4.69) is 15.0 Å². The van der Waals surface area contributed by atoms with E-state index in [0.717, 1.165) is 22.2 Å². The average molecular weight is 280 g/mol. The first kappa shape index (κ1) is 13.6. The standard InChI is InChI=1S/C13H16N2O3S/c1-8(7-10-5-4-6-18-10)14-13-15-11(9(2)19-13)12(16)17-3/h4-6,8H,7H2,1-3H3,(H,14,15). The van der Waals surface area contributed by atoms with Crippen molar-refractivity contribution in [3.05, 3.63) is 34.7 Å². The summed E-state index contributed by atoms with van der Waals surface area (Å²) in [6.45, 7) is 3.89. The molecule has 1 atom stereocenters. The number of carbonyl (C=O) groups excluding carboxylic acids is 1. The number of hydrogen-bond acceptors (Lipinski definition) is 6. The van der Waals surface area contributed by atoms with Crippen LogP contribution in [0, 0.1) is 6.92 Å². The highest BCUT2D eigenvalue weighted by molar-refractivity contribution is 7.15. The number of anilines is 1. The van der Waals surface area contributed by atoms with Crippen LogP contribution in [0.2, 0.25) is 0 Å². The summed E-state index contributed by atoms with van der Waals surface area (Å²) in [6.07, 6.45) is 2.42. The fourth-order valence-electron chi connectivity index (χ4n) is 1.74. The van der Waals surface area contributed by atoms with Gasteiger partial charge in [-0.2, -0.15) is 0 Å². The van der Waals surface area contributed by atoms with Gasteiger partial charge < -0.3 is 14.5 Å². The third-order valence-corrected chi connectivity index (χ3v) is 3.53. The number of hydrogen-bond donors (Lipinski definition) is 1. The number of thiazole rings is 1. The summed E-state index contributed by atoms with van der Waals surface area (Å²) in [6, 6.07) is 3.97. The minimum Gasteiger partial charge on any atom is -0.469 e.